The largest absolute Gasteiger partial charge is 0.759 e. The molecule has 1 aromatic heterocycles. The van der Waals surface area contributed by atoms with Gasteiger partial charge in [0.1, 0.15) is 0 Å². The molecule has 3 rings (SSSR count). The molecule has 0 fully saturated rings. The molecule has 0 spiro atoms. The van der Waals surface area contributed by atoms with Crippen LogP contribution in [0.5, 0.6) is 0 Å². The van der Waals surface area contributed by atoms with Crippen molar-refractivity contribution in [1.82, 2.24) is 4.98 Å². The Hall–Kier alpha value is -1.63. The maximum absolute atomic E-state index is 9.30. The Balaban J connectivity index is 2.27. The van der Waals surface area contributed by atoms with Gasteiger partial charge in [0.25, 0.3) is 0 Å². The predicted molar refractivity (Wildman–Crippen MR) is 81.7 cm³/mol. The number of pyridine rings is 1. The summed E-state index contributed by atoms with van der Waals surface area (Å²) < 4.78 is 0. The first-order chi connectivity index (χ1) is 9.70. The van der Waals surface area contributed by atoms with Gasteiger partial charge in [-0.2, -0.15) is 5.26 Å². The molecular formula is C16H12ClN2S-. The Bertz CT molecular complexity index is 719. The second-order valence-corrected chi connectivity index (χ2v) is 5.75. The van der Waals surface area contributed by atoms with Crippen molar-refractivity contribution in [3.05, 3.63) is 46.0 Å². The highest BCUT2D eigenvalue weighted by atomic mass is 35.5. The van der Waals surface area contributed by atoms with Crippen LogP contribution < -0.4 is 0 Å². The number of halogens is 1. The molecule has 0 N–H and O–H groups in total. The van der Waals surface area contributed by atoms with E-state index < -0.39 is 0 Å². The number of fused-ring (bicyclic) bond motifs is 1. The standard InChI is InChI=1S/C16H13ClN2S/c17-11-5-3-4-10(8-11)15-13-7-2-1-6-12(13)14(9-18)16(20)19-15/h3-5,8H,1-2,6-7H2,(H,19,20)/p-1. The average Bonchev–Trinajstić information content (AvgIpc) is 2.46. The van der Waals surface area contributed by atoms with E-state index >= 15 is 0 Å². The van der Waals surface area contributed by atoms with Crippen molar-refractivity contribution in [3.8, 4) is 17.3 Å². The van der Waals surface area contributed by atoms with Crippen molar-refractivity contribution < 1.29 is 0 Å². The van der Waals surface area contributed by atoms with Crippen LogP contribution in [-0.4, -0.2) is 4.98 Å². The van der Waals surface area contributed by atoms with Crippen molar-refractivity contribution >= 4 is 24.2 Å². The van der Waals surface area contributed by atoms with Crippen molar-refractivity contribution in [1.29, 1.82) is 5.26 Å². The number of rotatable bonds is 1. The predicted octanol–water partition coefficient (Wildman–Crippen LogP) is 4.06. The van der Waals surface area contributed by atoms with Gasteiger partial charge in [-0.15, -0.1) is 0 Å². The minimum Gasteiger partial charge on any atom is -0.759 e. The molecule has 0 amide bonds. The summed E-state index contributed by atoms with van der Waals surface area (Å²) in [5.74, 6) is 0. The summed E-state index contributed by atoms with van der Waals surface area (Å²) in [6, 6.07) is 9.87. The summed E-state index contributed by atoms with van der Waals surface area (Å²) in [6.07, 6.45) is 4.10. The van der Waals surface area contributed by atoms with Gasteiger partial charge in [0, 0.05) is 10.6 Å². The van der Waals surface area contributed by atoms with E-state index in [1.54, 1.807) is 0 Å². The zero-order chi connectivity index (χ0) is 14.1. The van der Waals surface area contributed by atoms with Crippen LogP contribution in [0.25, 0.3) is 11.3 Å². The minimum absolute atomic E-state index is 0.406. The Kier molecular flexibility index (Phi) is 3.60. The fourth-order valence-corrected chi connectivity index (χ4v) is 3.24. The molecule has 1 aliphatic rings. The third kappa shape index (κ3) is 2.26. The van der Waals surface area contributed by atoms with Crippen LogP contribution in [-0.2, 0) is 25.5 Å². The summed E-state index contributed by atoms with van der Waals surface area (Å²) in [4.78, 5) is 4.50. The van der Waals surface area contributed by atoms with E-state index in [0.717, 1.165) is 42.5 Å². The first kappa shape index (κ1) is 13.4. The van der Waals surface area contributed by atoms with Gasteiger partial charge in [-0.25, -0.2) is 0 Å². The smallest absolute Gasteiger partial charge is 0.0994 e. The van der Waals surface area contributed by atoms with Crippen LogP contribution in [0.3, 0.4) is 0 Å². The molecule has 0 saturated carbocycles. The maximum atomic E-state index is 9.30. The lowest BCUT2D eigenvalue weighted by Gasteiger charge is -2.24. The van der Waals surface area contributed by atoms with Crippen LogP contribution >= 0.6 is 11.6 Å². The molecule has 1 aliphatic carbocycles. The summed E-state index contributed by atoms with van der Waals surface area (Å²) in [5, 5.41) is 10.4. The van der Waals surface area contributed by atoms with E-state index in [0.29, 0.717) is 15.6 Å². The van der Waals surface area contributed by atoms with Crippen LogP contribution in [0.2, 0.25) is 5.02 Å². The zero-order valence-electron chi connectivity index (χ0n) is 10.8. The first-order valence-electron chi connectivity index (χ1n) is 6.59. The summed E-state index contributed by atoms with van der Waals surface area (Å²) in [5.41, 5.74) is 4.72. The molecule has 100 valence electrons. The highest BCUT2D eigenvalue weighted by Gasteiger charge is 2.19. The topological polar surface area (TPSA) is 36.7 Å². The van der Waals surface area contributed by atoms with E-state index in [9.17, 15) is 5.26 Å². The van der Waals surface area contributed by atoms with Gasteiger partial charge < -0.3 is 12.6 Å². The summed E-state index contributed by atoms with van der Waals surface area (Å²) >= 11 is 11.4. The molecule has 0 unspecified atom stereocenters. The molecule has 1 aromatic carbocycles. The van der Waals surface area contributed by atoms with Crippen LogP contribution in [0, 0.1) is 11.3 Å². The van der Waals surface area contributed by atoms with Gasteiger partial charge in [0.15, 0.2) is 0 Å². The normalized spacial score (nSPS) is 13.6. The van der Waals surface area contributed by atoms with Gasteiger partial charge in [-0.3, -0.25) is 4.98 Å². The number of nitrogens with zero attached hydrogens (tertiary/aromatic N) is 2. The SMILES string of the molecule is N#Cc1c([S-])nc(-c2cccc(Cl)c2)c2c1CCCC2. The number of benzene rings is 1. The Morgan fingerprint density at radius 3 is 2.65 bits per heavy atom. The molecule has 2 aromatic rings. The zero-order valence-corrected chi connectivity index (χ0v) is 12.4. The molecule has 20 heavy (non-hydrogen) atoms. The van der Waals surface area contributed by atoms with Crippen LogP contribution in [0.4, 0.5) is 0 Å². The third-order valence-electron chi connectivity index (χ3n) is 3.69. The molecule has 0 atom stereocenters. The summed E-state index contributed by atoms with van der Waals surface area (Å²) in [6.45, 7) is 0. The minimum atomic E-state index is 0.406. The Labute approximate surface area is 128 Å². The number of nitriles is 1. The molecule has 2 nitrogen and oxygen atoms in total. The average molecular weight is 300 g/mol. The highest BCUT2D eigenvalue weighted by Crippen LogP contribution is 2.34. The fraction of sp³-hybridized carbons (Fsp3) is 0.250. The second-order valence-electron chi connectivity index (χ2n) is 4.93. The van der Waals surface area contributed by atoms with Crippen LogP contribution in [0.1, 0.15) is 29.5 Å². The lowest BCUT2D eigenvalue weighted by molar-refractivity contribution is 0.678. The molecule has 0 radical (unpaired) electrons. The van der Waals surface area contributed by atoms with Crippen molar-refractivity contribution in [2.75, 3.05) is 0 Å². The molecule has 0 aliphatic heterocycles. The summed E-state index contributed by atoms with van der Waals surface area (Å²) in [7, 11) is 0. The van der Waals surface area contributed by atoms with Crippen LogP contribution in [0.15, 0.2) is 29.3 Å². The Morgan fingerprint density at radius 1 is 1.20 bits per heavy atom. The molecule has 4 heteroatoms. The van der Waals surface area contributed by atoms with Gasteiger partial charge in [0.05, 0.1) is 17.3 Å². The molecule has 0 bridgehead atoms. The van der Waals surface area contributed by atoms with E-state index in [-0.39, 0.29) is 0 Å². The number of hydrogen-bond acceptors (Lipinski definition) is 3. The number of aromatic nitrogens is 1. The van der Waals surface area contributed by atoms with E-state index in [1.165, 1.54) is 5.56 Å². The maximum Gasteiger partial charge on any atom is 0.0994 e. The highest BCUT2D eigenvalue weighted by molar-refractivity contribution is 7.58. The fourth-order valence-electron chi connectivity index (χ4n) is 2.79. The van der Waals surface area contributed by atoms with E-state index in [1.807, 2.05) is 24.3 Å². The molecular weight excluding hydrogens is 288 g/mol. The lowest BCUT2D eigenvalue weighted by atomic mass is 9.86. The van der Waals surface area contributed by atoms with Crippen molar-refractivity contribution in [3.63, 3.8) is 0 Å². The van der Waals surface area contributed by atoms with E-state index in [2.05, 4.69) is 11.1 Å². The van der Waals surface area contributed by atoms with Gasteiger partial charge in [0.2, 0.25) is 0 Å². The monoisotopic (exact) mass is 299 g/mol. The molecule has 1 heterocycles. The second kappa shape index (κ2) is 5.40. The number of hydrogen-bond donors (Lipinski definition) is 0. The first-order valence-corrected chi connectivity index (χ1v) is 7.38. The van der Waals surface area contributed by atoms with E-state index in [4.69, 9.17) is 24.2 Å². The van der Waals surface area contributed by atoms with Crippen molar-refractivity contribution in [2.24, 2.45) is 0 Å². The van der Waals surface area contributed by atoms with Gasteiger partial charge in [-0.05, 0) is 48.9 Å². The van der Waals surface area contributed by atoms with Crippen molar-refractivity contribution in [2.45, 2.75) is 30.7 Å². The quantitative estimate of drug-likeness (QED) is 0.745. The third-order valence-corrected chi connectivity index (χ3v) is 4.22. The van der Waals surface area contributed by atoms with Gasteiger partial charge >= 0.3 is 0 Å². The lowest BCUT2D eigenvalue weighted by Crippen LogP contribution is -2.10. The Morgan fingerprint density at radius 2 is 1.95 bits per heavy atom. The molecule has 0 saturated heterocycles. The van der Waals surface area contributed by atoms with Gasteiger partial charge in [-0.1, -0.05) is 28.8 Å².